The number of nitrogens with zero attached hydrogens (tertiary/aromatic N) is 5. The molecule has 5 rings (SSSR count). The summed E-state index contributed by atoms with van der Waals surface area (Å²) in [5.41, 5.74) is 9.34. The molecule has 152 valence electrons. The van der Waals surface area contributed by atoms with Gasteiger partial charge in [0.1, 0.15) is 17.8 Å². The van der Waals surface area contributed by atoms with Crippen LogP contribution < -0.4 is 11.1 Å². The highest BCUT2D eigenvalue weighted by Gasteiger charge is 2.28. The summed E-state index contributed by atoms with van der Waals surface area (Å²) in [5.74, 6) is 6.76. The summed E-state index contributed by atoms with van der Waals surface area (Å²) in [6, 6.07) is 6.48. The Bertz CT molecular complexity index is 1260. The molecule has 4 N–H and O–H groups in total. The lowest BCUT2D eigenvalue weighted by Gasteiger charge is -2.11. The van der Waals surface area contributed by atoms with Gasteiger partial charge in [0.2, 0.25) is 0 Å². The second-order valence-corrected chi connectivity index (χ2v) is 7.45. The van der Waals surface area contributed by atoms with Crippen LogP contribution in [-0.2, 0) is 4.74 Å². The van der Waals surface area contributed by atoms with Crippen molar-refractivity contribution in [1.82, 2.24) is 35.3 Å². The van der Waals surface area contributed by atoms with Crippen LogP contribution in [0.25, 0.3) is 21.9 Å². The number of nitrogens with one attached hydrogen (secondary N) is 2. The van der Waals surface area contributed by atoms with Crippen molar-refractivity contribution in [2.75, 3.05) is 26.0 Å². The molecule has 1 fully saturated rings. The monoisotopic (exact) mass is 402 g/mol. The Morgan fingerprint density at radius 3 is 3.13 bits per heavy atom. The molecule has 1 unspecified atom stereocenters. The van der Waals surface area contributed by atoms with E-state index in [4.69, 9.17) is 15.6 Å². The van der Waals surface area contributed by atoms with Crippen LogP contribution in [0, 0.1) is 11.8 Å². The predicted molar refractivity (Wildman–Crippen MR) is 114 cm³/mol. The van der Waals surface area contributed by atoms with Gasteiger partial charge in [-0.25, -0.2) is 14.6 Å². The van der Waals surface area contributed by atoms with Crippen molar-refractivity contribution < 1.29 is 4.74 Å². The summed E-state index contributed by atoms with van der Waals surface area (Å²) in [5, 5.41) is 17.0. The van der Waals surface area contributed by atoms with Crippen LogP contribution in [-0.4, -0.2) is 56.2 Å². The highest BCUT2D eigenvalue weighted by molar-refractivity contribution is 5.90. The van der Waals surface area contributed by atoms with E-state index in [1.807, 2.05) is 22.9 Å². The fourth-order valence-electron chi connectivity index (χ4n) is 3.95. The molecule has 0 radical (unpaired) electrons. The lowest BCUT2D eigenvalue weighted by molar-refractivity contribution is 0.185. The summed E-state index contributed by atoms with van der Waals surface area (Å²) >= 11 is 0. The average Bonchev–Trinajstić information content (AvgIpc) is 3.48. The number of rotatable bonds is 4. The van der Waals surface area contributed by atoms with Gasteiger partial charge >= 0.3 is 0 Å². The molecule has 3 aromatic heterocycles. The number of methoxy groups -OCH3 is 1. The molecule has 4 heterocycles. The van der Waals surface area contributed by atoms with Crippen molar-refractivity contribution in [3.05, 3.63) is 42.0 Å². The number of nitrogens with two attached hydrogens (primary N) is 1. The van der Waals surface area contributed by atoms with E-state index in [9.17, 15) is 0 Å². The van der Waals surface area contributed by atoms with Gasteiger partial charge in [-0.2, -0.15) is 10.2 Å². The zero-order valence-corrected chi connectivity index (χ0v) is 16.6. The van der Waals surface area contributed by atoms with E-state index in [0.717, 1.165) is 48.1 Å². The third-order valence-electron chi connectivity index (χ3n) is 5.50. The smallest absolute Gasteiger partial charge is 0.164 e. The number of benzene rings is 1. The first-order valence-corrected chi connectivity index (χ1v) is 9.89. The molecule has 1 aromatic carbocycles. The van der Waals surface area contributed by atoms with Gasteiger partial charge in [-0.3, -0.25) is 5.10 Å². The number of hydrogen-bond acceptors (Lipinski definition) is 7. The highest BCUT2D eigenvalue weighted by Crippen LogP contribution is 2.28. The number of aromatic amines is 1. The largest absolute Gasteiger partial charge is 0.385 e. The van der Waals surface area contributed by atoms with E-state index in [-0.39, 0.29) is 6.04 Å². The minimum absolute atomic E-state index is 0.182. The van der Waals surface area contributed by atoms with Gasteiger partial charge in [0, 0.05) is 37.3 Å². The maximum Gasteiger partial charge on any atom is 0.164 e. The fraction of sp³-hybridized carbons (Fsp3) is 0.333. The van der Waals surface area contributed by atoms with Gasteiger partial charge in [-0.05, 0) is 37.0 Å². The molecule has 0 bridgehead atoms. The van der Waals surface area contributed by atoms with E-state index in [0.29, 0.717) is 22.9 Å². The number of nitrogen functional groups attached to an aromatic ring is 1. The van der Waals surface area contributed by atoms with Crippen LogP contribution in [0.2, 0.25) is 0 Å². The Labute approximate surface area is 173 Å². The maximum absolute atomic E-state index is 6.17. The number of anilines is 1. The molecular formula is C21H22N8O. The Morgan fingerprint density at radius 2 is 2.23 bits per heavy atom. The van der Waals surface area contributed by atoms with Crippen LogP contribution in [0.3, 0.4) is 0 Å². The van der Waals surface area contributed by atoms with Gasteiger partial charge in [0.15, 0.2) is 5.65 Å². The molecule has 2 atom stereocenters. The van der Waals surface area contributed by atoms with Crippen LogP contribution in [0.15, 0.2) is 30.7 Å². The number of hydrogen-bond donors (Lipinski definition) is 3. The lowest BCUT2D eigenvalue weighted by atomic mass is 10.1. The van der Waals surface area contributed by atoms with Crippen molar-refractivity contribution in [1.29, 1.82) is 0 Å². The topological polar surface area (TPSA) is 120 Å². The third kappa shape index (κ3) is 3.36. The molecule has 1 saturated heterocycles. The normalized spacial score (nSPS) is 18.7. The molecule has 4 aromatic rings. The number of ether oxygens (including phenoxy) is 1. The summed E-state index contributed by atoms with van der Waals surface area (Å²) in [4.78, 5) is 8.61. The molecule has 1 aliphatic heterocycles. The van der Waals surface area contributed by atoms with Crippen molar-refractivity contribution >= 4 is 27.8 Å². The van der Waals surface area contributed by atoms with Gasteiger partial charge in [-0.1, -0.05) is 5.92 Å². The second-order valence-electron chi connectivity index (χ2n) is 7.45. The molecule has 0 amide bonds. The van der Waals surface area contributed by atoms with E-state index in [1.54, 1.807) is 13.3 Å². The molecule has 9 nitrogen and oxygen atoms in total. The van der Waals surface area contributed by atoms with Crippen LogP contribution in [0.1, 0.15) is 30.1 Å². The molecule has 0 spiro atoms. The van der Waals surface area contributed by atoms with Gasteiger partial charge in [0.25, 0.3) is 0 Å². The quantitative estimate of drug-likeness (QED) is 0.444. The Morgan fingerprint density at radius 1 is 1.30 bits per heavy atom. The second kappa shape index (κ2) is 7.74. The predicted octanol–water partition coefficient (Wildman–Crippen LogP) is 1.62. The van der Waals surface area contributed by atoms with E-state index >= 15 is 0 Å². The zero-order valence-electron chi connectivity index (χ0n) is 16.6. The van der Waals surface area contributed by atoms with Crippen LogP contribution >= 0.6 is 0 Å². The lowest BCUT2D eigenvalue weighted by Crippen LogP contribution is -2.22. The third-order valence-corrected chi connectivity index (χ3v) is 5.50. The van der Waals surface area contributed by atoms with Gasteiger partial charge in [0.05, 0.1) is 23.1 Å². The van der Waals surface area contributed by atoms with Crippen molar-refractivity contribution in [2.24, 2.45) is 0 Å². The van der Waals surface area contributed by atoms with Gasteiger partial charge < -0.3 is 15.8 Å². The molecule has 30 heavy (non-hydrogen) atoms. The SMILES string of the molecule is COCC[C@H]1CC(n2nc(C#Cc3ccc4[nH]ncc4c3)c3c(N)ncnc32)CN1. The minimum Gasteiger partial charge on any atom is -0.385 e. The molecule has 0 aliphatic carbocycles. The Hall–Kier alpha value is -3.48. The minimum atomic E-state index is 0.182. The maximum atomic E-state index is 6.17. The van der Waals surface area contributed by atoms with Crippen molar-refractivity contribution in [2.45, 2.75) is 24.9 Å². The number of aromatic nitrogens is 6. The van der Waals surface area contributed by atoms with E-state index in [1.165, 1.54) is 6.33 Å². The molecule has 9 heteroatoms. The highest BCUT2D eigenvalue weighted by atomic mass is 16.5. The van der Waals surface area contributed by atoms with E-state index in [2.05, 4.69) is 37.3 Å². The fourth-order valence-corrected chi connectivity index (χ4v) is 3.95. The van der Waals surface area contributed by atoms with Gasteiger partial charge in [-0.15, -0.1) is 0 Å². The summed E-state index contributed by atoms with van der Waals surface area (Å²) in [7, 11) is 1.72. The number of fused-ring (bicyclic) bond motifs is 2. The van der Waals surface area contributed by atoms with Crippen LogP contribution in [0.4, 0.5) is 5.82 Å². The first kappa shape index (κ1) is 18.5. The van der Waals surface area contributed by atoms with Crippen molar-refractivity contribution in [3.8, 4) is 11.8 Å². The molecule has 1 aliphatic rings. The first-order chi connectivity index (χ1) is 14.7. The Balaban J connectivity index is 1.50. The molecule has 0 saturated carbocycles. The zero-order chi connectivity index (χ0) is 20.5. The number of H-pyrrole nitrogens is 1. The average molecular weight is 402 g/mol. The summed E-state index contributed by atoms with van der Waals surface area (Å²) < 4.78 is 7.15. The van der Waals surface area contributed by atoms with Crippen LogP contribution in [0.5, 0.6) is 0 Å². The summed E-state index contributed by atoms with van der Waals surface area (Å²) in [6.45, 7) is 1.55. The first-order valence-electron chi connectivity index (χ1n) is 9.89. The Kier molecular flexibility index (Phi) is 4.78. The standard InChI is InChI=1S/C21H22N8O/c1-30-7-6-15-9-16(11-23-15)29-21-19(20(22)24-12-25-21)18(28-29)5-3-13-2-4-17-14(8-13)10-26-27-17/h2,4,8,10,12,15-16,23H,6-7,9,11H2,1H3,(H,26,27)(H2,22,24,25)/t15-,16?/m0/s1. The molecular weight excluding hydrogens is 380 g/mol. The van der Waals surface area contributed by atoms with E-state index < -0.39 is 0 Å². The van der Waals surface area contributed by atoms with Crippen molar-refractivity contribution in [3.63, 3.8) is 0 Å². The summed E-state index contributed by atoms with van der Waals surface area (Å²) in [6.07, 6.45) is 5.18.